The van der Waals surface area contributed by atoms with E-state index in [-0.39, 0.29) is 40.6 Å². The highest BCUT2D eigenvalue weighted by Gasteiger charge is 2.31. The van der Waals surface area contributed by atoms with Gasteiger partial charge in [-0.1, -0.05) is 33.5 Å². The summed E-state index contributed by atoms with van der Waals surface area (Å²) in [5, 5.41) is 2.98. The minimum atomic E-state index is -3.27. The van der Waals surface area contributed by atoms with E-state index in [4.69, 9.17) is 0 Å². The summed E-state index contributed by atoms with van der Waals surface area (Å²) in [6, 6.07) is 10.4. The largest absolute Gasteiger partial charge is 0.338 e. The first-order valence-corrected chi connectivity index (χ1v) is 14.6. The molecule has 2 aromatic carbocycles. The molecule has 2 heterocycles. The Morgan fingerprint density at radius 1 is 1.05 bits per heavy atom. The van der Waals surface area contributed by atoms with E-state index < -0.39 is 32.3 Å². The number of rotatable bonds is 6. The molecule has 0 unspecified atom stereocenters. The van der Waals surface area contributed by atoms with Crippen molar-refractivity contribution in [2.45, 2.75) is 25.8 Å². The second-order valence-electron chi connectivity index (χ2n) is 9.57. The van der Waals surface area contributed by atoms with E-state index in [1.165, 1.54) is 39.8 Å². The minimum absolute atomic E-state index is 0.0496. The van der Waals surface area contributed by atoms with Crippen LogP contribution < -0.4 is 27.6 Å². The van der Waals surface area contributed by atoms with Crippen LogP contribution in [0.1, 0.15) is 24.4 Å². The highest BCUT2D eigenvalue weighted by atomic mass is 79.9. The van der Waals surface area contributed by atoms with E-state index in [9.17, 15) is 27.2 Å². The van der Waals surface area contributed by atoms with Gasteiger partial charge in [-0.3, -0.25) is 23.3 Å². The SMILES string of the molecule is Cc1c(=O)n(C)c(Nc2ccc(Br)cc2F)c2c(=O)n(C3CC3)c(=O)n(-c3ccc(BS(C)(=O)=O)cc3)c12. The Bertz CT molecular complexity index is 1910. The molecule has 0 amide bonds. The first kappa shape index (κ1) is 26.2. The predicted octanol–water partition coefficient (Wildman–Crippen LogP) is 2.16. The highest BCUT2D eigenvalue weighted by molar-refractivity contribution is 9.10. The van der Waals surface area contributed by atoms with Crippen molar-refractivity contribution in [1.82, 2.24) is 13.7 Å². The maximum Gasteiger partial charge on any atom is 0.336 e. The normalized spacial score (nSPS) is 13.6. The first-order chi connectivity index (χ1) is 17.9. The van der Waals surface area contributed by atoms with Crippen molar-refractivity contribution in [1.29, 1.82) is 0 Å². The quantitative estimate of drug-likeness (QED) is 0.340. The van der Waals surface area contributed by atoms with Gasteiger partial charge in [-0.2, -0.15) is 0 Å². The lowest BCUT2D eigenvalue weighted by Gasteiger charge is -2.20. The lowest BCUT2D eigenvalue weighted by Crippen LogP contribution is -2.41. The van der Waals surface area contributed by atoms with Gasteiger partial charge in [-0.05, 0) is 50.1 Å². The van der Waals surface area contributed by atoms with Gasteiger partial charge in [0, 0.05) is 29.4 Å². The molecule has 0 aliphatic heterocycles. The molecule has 1 fully saturated rings. The summed E-state index contributed by atoms with van der Waals surface area (Å²) in [7, 11) is -1.80. The number of nitrogens with one attached hydrogen (secondary N) is 1. The Kier molecular flexibility index (Phi) is 6.46. The van der Waals surface area contributed by atoms with Crippen molar-refractivity contribution in [2.75, 3.05) is 11.6 Å². The molecule has 0 radical (unpaired) electrons. The smallest absolute Gasteiger partial charge is 0.336 e. The van der Waals surface area contributed by atoms with Gasteiger partial charge in [-0.25, -0.2) is 17.6 Å². The Morgan fingerprint density at radius 3 is 2.29 bits per heavy atom. The summed E-state index contributed by atoms with van der Waals surface area (Å²) in [6.45, 7) is 1.36. The van der Waals surface area contributed by atoms with Crippen LogP contribution in [-0.4, -0.2) is 34.9 Å². The molecule has 13 heteroatoms. The molecule has 1 N–H and O–H groups in total. The zero-order chi connectivity index (χ0) is 27.5. The second-order valence-corrected chi connectivity index (χ2v) is 12.6. The molecule has 0 saturated heterocycles. The van der Waals surface area contributed by atoms with E-state index in [1.54, 1.807) is 30.3 Å². The number of benzene rings is 2. The van der Waals surface area contributed by atoms with Crippen molar-refractivity contribution in [3.8, 4) is 5.69 Å². The monoisotopic (exact) mass is 600 g/mol. The molecule has 38 heavy (non-hydrogen) atoms. The zero-order valence-corrected chi connectivity index (χ0v) is 23.2. The van der Waals surface area contributed by atoms with Crippen molar-refractivity contribution >= 4 is 60.0 Å². The highest BCUT2D eigenvalue weighted by Crippen LogP contribution is 2.34. The minimum Gasteiger partial charge on any atom is -0.338 e. The lowest BCUT2D eigenvalue weighted by atomic mass is 9.94. The van der Waals surface area contributed by atoms with Crippen LogP contribution in [0, 0.1) is 12.7 Å². The third kappa shape index (κ3) is 4.64. The van der Waals surface area contributed by atoms with E-state index in [1.807, 2.05) is 0 Å². The molecular formula is C25H23BBrFN4O5S. The molecular weight excluding hydrogens is 578 g/mol. The van der Waals surface area contributed by atoms with Crippen molar-refractivity contribution in [2.24, 2.45) is 7.05 Å². The summed E-state index contributed by atoms with van der Waals surface area (Å²) < 4.78 is 42.5. The lowest BCUT2D eigenvalue weighted by molar-refractivity contribution is 0.614. The number of anilines is 2. The number of fused-ring (bicyclic) bond motifs is 1. The van der Waals surface area contributed by atoms with E-state index >= 15 is 0 Å². The molecule has 1 saturated carbocycles. The Hall–Kier alpha value is -3.45. The summed E-state index contributed by atoms with van der Waals surface area (Å²) in [5.41, 5.74) is -0.420. The molecule has 1 aliphatic rings. The fourth-order valence-corrected chi connectivity index (χ4v) is 5.75. The van der Waals surface area contributed by atoms with E-state index in [0.717, 1.165) is 6.26 Å². The number of aromatic nitrogens is 3. The molecule has 4 aromatic rings. The van der Waals surface area contributed by atoms with Gasteiger partial charge in [0.15, 0.2) is 0 Å². The van der Waals surface area contributed by atoms with Crippen molar-refractivity contribution < 1.29 is 12.8 Å². The molecule has 5 rings (SSSR count). The van der Waals surface area contributed by atoms with Gasteiger partial charge < -0.3 is 5.32 Å². The number of hydrogen-bond acceptors (Lipinski definition) is 6. The molecule has 9 nitrogen and oxygen atoms in total. The standard InChI is InChI=1S/C25H23BBrFN4O5S/c1-13-21-20(22(30(2)23(13)33)29-19-11-6-15(27)12-18(19)28)24(34)32(17-9-10-17)25(35)31(21)16-7-4-14(5-8-16)26-38(3,36)37/h4-8,11-12,17,26,29H,9-10H2,1-3H3. The average Bonchev–Trinajstić information content (AvgIpc) is 3.67. The number of halogens is 2. The first-order valence-electron chi connectivity index (χ1n) is 11.8. The summed E-state index contributed by atoms with van der Waals surface area (Å²) >= 11 is 3.22. The third-order valence-corrected chi connectivity index (χ3v) is 7.91. The maximum absolute atomic E-state index is 14.8. The third-order valence-electron chi connectivity index (χ3n) is 6.56. The van der Waals surface area contributed by atoms with E-state index in [2.05, 4.69) is 21.2 Å². The van der Waals surface area contributed by atoms with Gasteiger partial charge in [0.1, 0.15) is 26.7 Å². The molecule has 0 bridgehead atoms. The van der Waals surface area contributed by atoms with Crippen LogP contribution in [-0.2, 0) is 16.7 Å². The predicted molar refractivity (Wildman–Crippen MR) is 151 cm³/mol. The van der Waals surface area contributed by atoms with Gasteiger partial charge in [0.2, 0.25) is 0 Å². The van der Waals surface area contributed by atoms with Crippen LogP contribution >= 0.6 is 15.9 Å². The Labute approximate surface area is 225 Å². The zero-order valence-electron chi connectivity index (χ0n) is 20.8. The number of hydrogen-bond donors (Lipinski definition) is 1. The van der Waals surface area contributed by atoms with Crippen LogP contribution in [0.4, 0.5) is 15.9 Å². The molecule has 0 atom stereocenters. The summed E-state index contributed by atoms with van der Waals surface area (Å²) in [6.07, 6.45) is 2.44. The average molecular weight is 601 g/mol. The second kappa shape index (κ2) is 9.39. The van der Waals surface area contributed by atoms with Gasteiger partial charge in [-0.15, -0.1) is 0 Å². The number of pyridine rings is 1. The Morgan fingerprint density at radius 2 is 1.71 bits per heavy atom. The van der Waals surface area contributed by atoms with Crippen LogP contribution in [0.2, 0.25) is 0 Å². The number of nitrogens with zero attached hydrogens (tertiary/aromatic N) is 3. The van der Waals surface area contributed by atoms with Gasteiger partial charge in [0.05, 0.1) is 16.9 Å². The van der Waals surface area contributed by atoms with E-state index in [0.29, 0.717) is 28.5 Å². The topological polar surface area (TPSA) is 112 Å². The molecule has 1 aliphatic carbocycles. The molecule has 196 valence electrons. The number of aryl methyl sites for hydroxylation is 1. The van der Waals surface area contributed by atoms with Gasteiger partial charge >= 0.3 is 12.2 Å². The van der Waals surface area contributed by atoms with Crippen molar-refractivity contribution in [3.63, 3.8) is 0 Å². The van der Waals surface area contributed by atoms with Gasteiger partial charge in [0.25, 0.3) is 11.1 Å². The fraction of sp³-hybridized carbons (Fsp3) is 0.240. The molecule has 2 aromatic heterocycles. The Balaban J connectivity index is 1.85. The van der Waals surface area contributed by atoms with Crippen LogP contribution in [0.25, 0.3) is 16.6 Å². The maximum atomic E-state index is 14.8. The summed E-state index contributed by atoms with van der Waals surface area (Å²) in [4.78, 5) is 40.9. The fourth-order valence-electron chi connectivity index (χ4n) is 4.62. The van der Waals surface area contributed by atoms with Crippen molar-refractivity contribution in [3.05, 3.63) is 89.5 Å². The summed E-state index contributed by atoms with van der Waals surface area (Å²) in [5.74, 6) is -0.545. The van der Waals surface area contributed by atoms with Crippen LogP contribution in [0.15, 0.2) is 61.3 Å². The molecule has 0 spiro atoms. The van der Waals surface area contributed by atoms with Crippen LogP contribution in [0.5, 0.6) is 0 Å². The van der Waals surface area contributed by atoms with Crippen LogP contribution in [0.3, 0.4) is 0 Å².